The van der Waals surface area contributed by atoms with Crippen molar-refractivity contribution in [2.75, 3.05) is 7.11 Å². The molecule has 0 aliphatic heterocycles. The van der Waals surface area contributed by atoms with Gasteiger partial charge in [-0.05, 0) is 38.0 Å². The number of benzene rings is 1. The van der Waals surface area contributed by atoms with Gasteiger partial charge < -0.3 is 10.1 Å². The van der Waals surface area contributed by atoms with Gasteiger partial charge in [0, 0.05) is 18.2 Å². The number of methoxy groups -OCH3 is 1. The lowest BCUT2D eigenvalue weighted by molar-refractivity contribution is 0.0911. The fourth-order valence-corrected chi connectivity index (χ4v) is 2.49. The van der Waals surface area contributed by atoms with E-state index in [2.05, 4.69) is 5.32 Å². The van der Waals surface area contributed by atoms with Gasteiger partial charge in [0.05, 0.1) is 11.5 Å². The molecule has 3 N–H and O–H groups in total. The summed E-state index contributed by atoms with van der Waals surface area (Å²) in [5.41, 5.74) is 0.302. The molecule has 0 atom stereocenters. The molecule has 0 saturated carbocycles. The molecule has 0 radical (unpaired) electrons. The lowest BCUT2D eigenvalue weighted by Crippen LogP contribution is -2.42. The first-order chi connectivity index (χ1) is 9.60. The average Bonchev–Trinajstić information content (AvgIpc) is 2.37. The summed E-state index contributed by atoms with van der Waals surface area (Å²) in [6, 6.07) is 4.38. The zero-order valence-corrected chi connectivity index (χ0v) is 13.6. The molecule has 6 nitrogen and oxygen atoms in total. The van der Waals surface area contributed by atoms with E-state index in [9.17, 15) is 13.2 Å². The molecule has 21 heavy (non-hydrogen) atoms. The highest BCUT2D eigenvalue weighted by Gasteiger charge is 2.21. The van der Waals surface area contributed by atoms with E-state index in [1.807, 2.05) is 20.8 Å². The molecular weight excluding hydrogens is 292 g/mol. The predicted octanol–water partition coefficient (Wildman–Crippen LogP) is 1.40. The van der Waals surface area contributed by atoms with Crippen LogP contribution in [0.2, 0.25) is 0 Å². The molecule has 0 aromatic heterocycles. The highest BCUT2D eigenvalue weighted by Crippen LogP contribution is 2.18. The van der Waals surface area contributed by atoms with Gasteiger partial charge in [-0.25, -0.2) is 13.6 Å². The number of sulfonamides is 1. The number of carbonyl (C=O) groups is 1. The van der Waals surface area contributed by atoms with Crippen molar-refractivity contribution in [2.24, 2.45) is 5.14 Å². The molecule has 0 bridgehead atoms. The van der Waals surface area contributed by atoms with Crippen LogP contribution in [-0.2, 0) is 21.4 Å². The second kappa shape index (κ2) is 6.55. The topological polar surface area (TPSA) is 98.5 Å². The second-order valence-electron chi connectivity index (χ2n) is 5.49. The van der Waals surface area contributed by atoms with Crippen LogP contribution in [0.5, 0.6) is 0 Å². The molecular formula is C14H22N2O4S. The summed E-state index contributed by atoms with van der Waals surface area (Å²) >= 11 is 0. The van der Waals surface area contributed by atoms with Crippen molar-refractivity contribution in [2.45, 2.75) is 44.2 Å². The van der Waals surface area contributed by atoms with Gasteiger partial charge in [0.2, 0.25) is 10.0 Å². The molecule has 1 aromatic rings. The first kappa shape index (κ1) is 17.6. The molecule has 0 fully saturated rings. The Balaban J connectivity index is 3.20. The van der Waals surface area contributed by atoms with E-state index < -0.39 is 10.0 Å². The second-order valence-corrected chi connectivity index (χ2v) is 7.02. The molecule has 7 heteroatoms. The van der Waals surface area contributed by atoms with Crippen LogP contribution in [0.3, 0.4) is 0 Å². The van der Waals surface area contributed by atoms with Crippen LogP contribution in [0.1, 0.15) is 43.1 Å². The van der Waals surface area contributed by atoms with Crippen molar-refractivity contribution >= 4 is 15.9 Å². The first-order valence-corrected chi connectivity index (χ1v) is 8.12. The van der Waals surface area contributed by atoms with Crippen LogP contribution in [0.25, 0.3) is 0 Å². The van der Waals surface area contributed by atoms with E-state index in [0.29, 0.717) is 5.56 Å². The number of hydrogen-bond acceptors (Lipinski definition) is 4. The summed E-state index contributed by atoms with van der Waals surface area (Å²) in [5.74, 6) is -0.337. The maximum Gasteiger partial charge on any atom is 0.251 e. The number of hydrogen-bond donors (Lipinski definition) is 2. The van der Waals surface area contributed by atoms with Gasteiger partial charge in [-0.3, -0.25) is 4.79 Å². The molecule has 1 amide bonds. The summed E-state index contributed by atoms with van der Waals surface area (Å²) in [5, 5.41) is 8.04. The monoisotopic (exact) mass is 314 g/mol. The lowest BCUT2D eigenvalue weighted by atomic mass is 10.0. The van der Waals surface area contributed by atoms with E-state index in [-0.39, 0.29) is 28.5 Å². The Morgan fingerprint density at radius 1 is 1.38 bits per heavy atom. The first-order valence-electron chi connectivity index (χ1n) is 6.58. The molecule has 0 unspecified atom stereocenters. The van der Waals surface area contributed by atoms with Crippen molar-refractivity contribution < 1.29 is 17.9 Å². The highest BCUT2D eigenvalue weighted by molar-refractivity contribution is 7.89. The zero-order chi connectivity index (χ0) is 16.3. The van der Waals surface area contributed by atoms with Crippen LogP contribution in [0, 0.1) is 0 Å². The molecule has 0 spiro atoms. The third-order valence-corrected chi connectivity index (χ3v) is 4.26. The minimum Gasteiger partial charge on any atom is -0.380 e. The molecule has 1 aromatic carbocycles. The van der Waals surface area contributed by atoms with E-state index in [1.165, 1.54) is 19.2 Å². The minimum absolute atomic E-state index is 0.0914. The van der Waals surface area contributed by atoms with Crippen LogP contribution in [0.4, 0.5) is 0 Å². The maximum atomic E-state index is 12.2. The highest BCUT2D eigenvalue weighted by atomic mass is 32.2. The maximum absolute atomic E-state index is 12.2. The van der Waals surface area contributed by atoms with Gasteiger partial charge in [0.1, 0.15) is 0 Å². The van der Waals surface area contributed by atoms with Crippen LogP contribution >= 0.6 is 0 Å². The third-order valence-electron chi connectivity index (χ3n) is 3.27. The summed E-state index contributed by atoms with van der Waals surface area (Å²) in [6.45, 7) is 5.85. The standard InChI is InChI=1S/C14H22N2O4S/c1-5-14(2,3)16-13(17)10-6-7-11(9-20-4)12(8-10)21(15,18)19/h6-8H,5,9H2,1-4H3,(H,16,17)(H2,15,18,19). The molecule has 0 aliphatic rings. The molecule has 0 aliphatic carbocycles. The Labute approximate surface area is 125 Å². The largest absolute Gasteiger partial charge is 0.380 e. The fourth-order valence-electron chi connectivity index (χ4n) is 1.70. The molecule has 0 heterocycles. The van der Waals surface area contributed by atoms with E-state index in [0.717, 1.165) is 6.42 Å². The smallest absolute Gasteiger partial charge is 0.251 e. The van der Waals surface area contributed by atoms with Crippen molar-refractivity contribution in [1.82, 2.24) is 5.32 Å². The quantitative estimate of drug-likeness (QED) is 0.829. The summed E-state index contributed by atoms with van der Waals surface area (Å²) < 4.78 is 28.2. The number of rotatable bonds is 6. The SMILES string of the molecule is CCC(C)(C)NC(=O)c1ccc(COC)c(S(N)(=O)=O)c1. The third kappa shape index (κ3) is 4.80. The number of ether oxygens (including phenoxy) is 1. The number of primary sulfonamides is 1. The van der Waals surface area contributed by atoms with Crippen molar-refractivity contribution in [3.8, 4) is 0 Å². The number of carbonyl (C=O) groups excluding carboxylic acids is 1. The van der Waals surface area contributed by atoms with E-state index >= 15 is 0 Å². The number of amides is 1. The van der Waals surface area contributed by atoms with Gasteiger partial charge in [-0.15, -0.1) is 0 Å². The van der Waals surface area contributed by atoms with Gasteiger partial charge in [-0.2, -0.15) is 0 Å². The van der Waals surface area contributed by atoms with Crippen molar-refractivity contribution in [1.29, 1.82) is 0 Å². The van der Waals surface area contributed by atoms with Gasteiger partial charge in [0.25, 0.3) is 5.91 Å². The Kier molecular flexibility index (Phi) is 5.49. The van der Waals surface area contributed by atoms with Crippen molar-refractivity contribution in [3.63, 3.8) is 0 Å². The number of nitrogens with two attached hydrogens (primary N) is 1. The Morgan fingerprint density at radius 3 is 2.48 bits per heavy atom. The minimum atomic E-state index is -3.92. The Hall–Kier alpha value is -1.44. The zero-order valence-electron chi connectivity index (χ0n) is 12.8. The van der Waals surface area contributed by atoms with Crippen LogP contribution in [-0.4, -0.2) is 27.0 Å². The average molecular weight is 314 g/mol. The molecule has 118 valence electrons. The van der Waals surface area contributed by atoms with E-state index in [1.54, 1.807) is 6.07 Å². The Bertz CT molecular complexity index is 624. The fraction of sp³-hybridized carbons (Fsp3) is 0.500. The predicted molar refractivity (Wildman–Crippen MR) is 80.4 cm³/mol. The summed E-state index contributed by atoms with van der Waals surface area (Å²) in [4.78, 5) is 12.1. The van der Waals surface area contributed by atoms with Gasteiger partial charge in [0.15, 0.2) is 0 Å². The van der Waals surface area contributed by atoms with Gasteiger partial charge >= 0.3 is 0 Å². The van der Waals surface area contributed by atoms with E-state index in [4.69, 9.17) is 9.88 Å². The summed E-state index contributed by atoms with van der Waals surface area (Å²) in [6.07, 6.45) is 0.753. The molecule has 1 rings (SSSR count). The summed E-state index contributed by atoms with van der Waals surface area (Å²) in [7, 11) is -2.47. The van der Waals surface area contributed by atoms with Crippen molar-refractivity contribution in [3.05, 3.63) is 29.3 Å². The number of nitrogens with one attached hydrogen (secondary N) is 1. The normalized spacial score (nSPS) is 12.2. The molecule has 0 saturated heterocycles. The van der Waals surface area contributed by atoms with Crippen LogP contribution < -0.4 is 10.5 Å². The Morgan fingerprint density at radius 2 is 2.00 bits per heavy atom. The lowest BCUT2D eigenvalue weighted by Gasteiger charge is -2.24. The van der Waals surface area contributed by atoms with Gasteiger partial charge in [-0.1, -0.05) is 13.0 Å². The van der Waals surface area contributed by atoms with Crippen LogP contribution in [0.15, 0.2) is 23.1 Å².